The molecule has 4 atom stereocenters. The van der Waals surface area contributed by atoms with E-state index in [1.54, 1.807) is 0 Å². The Bertz CT molecular complexity index is 229. The molecule has 0 aromatic heterocycles. The van der Waals surface area contributed by atoms with Gasteiger partial charge in [-0.2, -0.15) is 0 Å². The lowest BCUT2D eigenvalue weighted by molar-refractivity contribution is 0.141. The van der Waals surface area contributed by atoms with Crippen molar-refractivity contribution in [1.29, 1.82) is 0 Å². The van der Waals surface area contributed by atoms with Gasteiger partial charge in [-0.25, -0.2) is 0 Å². The molecule has 0 aromatic carbocycles. The zero-order chi connectivity index (χ0) is 12.4. The first kappa shape index (κ1) is 13.4. The van der Waals surface area contributed by atoms with Gasteiger partial charge in [0.2, 0.25) is 0 Å². The highest BCUT2D eigenvalue weighted by atomic mass is 15.0. The summed E-state index contributed by atoms with van der Waals surface area (Å²) in [6.07, 6.45) is 7.84. The number of nitrogens with one attached hydrogen (secondary N) is 1. The first-order valence-corrected chi connectivity index (χ1v) is 7.58. The minimum absolute atomic E-state index is 0.439. The van der Waals surface area contributed by atoms with E-state index in [0.717, 1.165) is 23.8 Å². The highest BCUT2D eigenvalue weighted by Crippen LogP contribution is 2.34. The molecule has 2 aliphatic carbocycles. The lowest BCUT2D eigenvalue weighted by atomic mass is 9.73. The first-order valence-electron chi connectivity index (χ1n) is 7.58. The molecule has 0 saturated heterocycles. The molecule has 2 aliphatic rings. The average Bonchev–Trinajstić information content (AvgIpc) is 2.23. The summed E-state index contributed by atoms with van der Waals surface area (Å²) in [5.74, 6) is 2.56. The van der Waals surface area contributed by atoms with Crippen molar-refractivity contribution in [2.24, 2.45) is 23.5 Å². The minimum Gasteiger partial charge on any atom is -0.328 e. The highest BCUT2D eigenvalue weighted by molar-refractivity contribution is 4.90. The lowest BCUT2D eigenvalue weighted by Gasteiger charge is -2.42. The molecule has 17 heavy (non-hydrogen) atoms. The van der Waals surface area contributed by atoms with E-state index in [4.69, 9.17) is 5.73 Å². The fourth-order valence-corrected chi connectivity index (χ4v) is 4.20. The molecule has 2 saturated carbocycles. The van der Waals surface area contributed by atoms with Crippen LogP contribution in [-0.4, -0.2) is 18.1 Å². The summed E-state index contributed by atoms with van der Waals surface area (Å²) in [4.78, 5) is 0. The Morgan fingerprint density at radius 3 is 2.18 bits per heavy atom. The van der Waals surface area contributed by atoms with E-state index in [9.17, 15) is 0 Å². The Morgan fingerprint density at radius 1 is 0.941 bits per heavy atom. The van der Waals surface area contributed by atoms with Crippen molar-refractivity contribution < 1.29 is 0 Å². The molecule has 2 heteroatoms. The predicted molar refractivity (Wildman–Crippen MR) is 73.9 cm³/mol. The van der Waals surface area contributed by atoms with Crippen molar-refractivity contribution >= 4 is 0 Å². The third-order valence-electron chi connectivity index (χ3n) is 4.92. The van der Waals surface area contributed by atoms with E-state index in [0.29, 0.717) is 12.1 Å². The molecule has 0 amide bonds. The maximum absolute atomic E-state index is 6.08. The highest BCUT2D eigenvalue weighted by Gasteiger charge is 2.33. The second-order valence-corrected chi connectivity index (χ2v) is 6.85. The Labute approximate surface area is 107 Å². The average molecular weight is 238 g/mol. The van der Waals surface area contributed by atoms with Crippen LogP contribution in [0.25, 0.3) is 0 Å². The fraction of sp³-hybridized carbons (Fsp3) is 1.00. The van der Waals surface area contributed by atoms with Crippen LogP contribution < -0.4 is 11.1 Å². The molecule has 4 unspecified atom stereocenters. The Balaban J connectivity index is 1.88. The maximum atomic E-state index is 6.08. The molecule has 100 valence electrons. The molecule has 0 bridgehead atoms. The monoisotopic (exact) mass is 238 g/mol. The molecule has 0 radical (unpaired) electrons. The number of hydrogen-bond acceptors (Lipinski definition) is 2. The van der Waals surface area contributed by atoms with Gasteiger partial charge in [-0.1, -0.05) is 27.2 Å². The van der Waals surface area contributed by atoms with E-state index in [1.807, 2.05) is 0 Å². The van der Waals surface area contributed by atoms with Crippen LogP contribution in [0.5, 0.6) is 0 Å². The van der Waals surface area contributed by atoms with Crippen LogP contribution in [0.2, 0.25) is 0 Å². The third-order valence-corrected chi connectivity index (χ3v) is 4.92. The summed E-state index contributed by atoms with van der Waals surface area (Å²) in [7, 11) is 0. The molecule has 0 heterocycles. The molecule has 3 N–H and O–H groups in total. The van der Waals surface area contributed by atoms with Crippen molar-refractivity contribution in [2.75, 3.05) is 0 Å². The predicted octanol–water partition coefficient (Wildman–Crippen LogP) is 2.92. The summed E-state index contributed by atoms with van der Waals surface area (Å²) in [5, 5.41) is 3.93. The zero-order valence-electron chi connectivity index (χ0n) is 11.8. The fourth-order valence-electron chi connectivity index (χ4n) is 4.20. The SMILES string of the molecule is CC1CC(C)C(NC2CCCC(N)C2)C(C)C1. The van der Waals surface area contributed by atoms with Gasteiger partial charge in [-0.3, -0.25) is 0 Å². The molecular weight excluding hydrogens is 208 g/mol. The van der Waals surface area contributed by atoms with Gasteiger partial charge in [0, 0.05) is 18.1 Å². The van der Waals surface area contributed by atoms with Crippen LogP contribution in [-0.2, 0) is 0 Å². The van der Waals surface area contributed by atoms with Gasteiger partial charge in [0.15, 0.2) is 0 Å². The van der Waals surface area contributed by atoms with Crippen LogP contribution in [0.3, 0.4) is 0 Å². The Kier molecular flexibility index (Phi) is 4.48. The molecule has 2 rings (SSSR count). The first-order chi connectivity index (χ1) is 8.06. The smallest absolute Gasteiger partial charge is 0.0121 e. The van der Waals surface area contributed by atoms with E-state index in [2.05, 4.69) is 26.1 Å². The van der Waals surface area contributed by atoms with E-state index in [-0.39, 0.29) is 0 Å². The summed E-state index contributed by atoms with van der Waals surface area (Å²) >= 11 is 0. The molecule has 0 spiro atoms. The molecule has 0 aliphatic heterocycles. The van der Waals surface area contributed by atoms with Gasteiger partial charge in [0.25, 0.3) is 0 Å². The van der Waals surface area contributed by atoms with Crippen molar-refractivity contribution in [1.82, 2.24) is 5.32 Å². The third kappa shape index (κ3) is 3.45. The van der Waals surface area contributed by atoms with E-state index in [1.165, 1.54) is 38.5 Å². The second kappa shape index (κ2) is 5.71. The van der Waals surface area contributed by atoms with Crippen LogP contribution in [0, 0.1) is 17.8 Å². The standard InChI is InChI=1S/C15H30N2/c1-10-7-11(2)15(12(3)8-10)17-14-6-4-5-13(16)9-14/h10-15,17H,4-9,16H2,1-3H3. The zero-order valence-corrected chi connectivity index (χ0v) is 11.8. The maximum Gasteiger partial charge on any atom is 0.0121 e. The van der Waals surface area contributed by atoms with E-state index >= 15 is 0 Å². The van der Waals surface area contributed by atoms with Gasteiger partial charge < -0.3 is 11.1 Å². The Hall–Kier alpha value is -0.0800. The van der Waals surface area contributed by atoms with Gasteiger partial charge in [-0.15, -0.1) is 0 Å². The Morgan fingerprint density at radius 2 is 1.59 bits per heavy atom. The summed E-state index contributed by atoms with van der Waals surface area (Å²) in [6.45, 7) is 7.25. The molecule has 2 fully saturated rings. The molecule has 0 aromatic rings. The van der Waals surface area contributed by atoms with Crippen molar-refractivity contribution in [3.05, 3.63) is 0 Å². The van der Waals surface area contributed by atoms with E-state index < -0.39 is 0 Å². The lowest BCUT2D eigenvalue weighted by Crippen LogP contribution is -2.51. The topological polar surface area (TPSA) is 38.0 Å². The van der Waals surface area contributed by atoms with Gasteiger partial charge in [0.1, 0.15) is 0 Å². The van der Waals surface area contributed by atoms with Crippen molar-refractivity contribution in [3.8, 4) is 0 Å². The molecular formula is C15H30N2. The van der Waals surface area contributed by atoms with Crippen LogP contribution in [0.15, 0.2) is 0 Å². The van der Waals surface area contributed by atoms with Gasteiger partial charge >= 0.3 is 0 Å². The van der Waals surface area contributed by atoms with Crippen molar-refractivity contribution in [2.45, 2.75) is 77.4 Å². The van der Waals surface area contributed by atoms with Gasteiger partial charge in [0.05, 0.1) is 0 Å². The minimum atomic E-state index is 0.439. The normalized spacial score (nSPS) is 48.0. The van der Waals surface area contributed by atoms with Crippen LogP contribution in [0.1, 0.15) is 59.3 Å². The van der Waals surface area contributed by atoms with Crippen LogP contribution in [0.4, 0.5) is 0 Å². The summed E-state index contributed by atoms with van der Waals surface area (Å²) in [5.41, 5.74) is 6.08. The molecule has 2 nitrogen and oxygen atoms in total. The number of nitrogens with two attached hydrogens (primary N) is 1. The summed E-state index contributed by atoms with van der Waals surface area (Å²) < 4.78 is 0. The van der Waals surface area contributed by atoms with Crippen molar-refractivity contribution in [3.63, 3.8) is 0 Å². The number of hydrogen-bond donors (Lipinski definition) is 2. The number of rotatable bonds is 2. The quantitative estimate of drug-likeness (QED) is 0.776. The van der Waals surface area contributed by atoms with Crippen LogP contribution >= 0.6 is 0 Å². The largest absolute Gasteiger partial charge is 0.328 e. The van der Waals surface area contributed by atoms with Gasteiger partial charge in [-0.05, 0) is 49.9 Å². The second-order valence-electron chi connectivity index (χ2n) is 6.85. The summed E-state index contributed by atoms with van der Waals surface area (Å²) in [6, 6.07) is 1.85.